The van der Waals surface area contributed by atoms with Gasteiger partial charge in [0, 0.05) is 17.6 Å². The van der Waals surface area contributed by atoms with Gasteiger partial charge in [0.25, 0.3) is 10.0 Å². The molecule has 1 aromatic carbocycles. The van der Waals surface area contributed by atoms with E-state index in [1.807, 2.05) is 0 Å². The number of thiophene rings is 1. The monoisotopic (exact) mass is 514 g/mol. The van der Waals surface area contributed by atoms with Gasteiger partial charge in [0.1, 0.15) is 10.9 Å². The van der Waals surface area contributed by atoms with Gasteiger partial charge in [-0.25, -0.2) is 13.1 Å². The van der Waals surface area contributed by atoms with Gasteiger partial charge in [0.05, 0.1) is 17.7 Å². The van der Waals surface area contributed by atoms with Crippen LogP contribution in [0.4, 0.5) is 0 Å². The highest BCUT2D eigenvalue weighted by molar-refractivity contribution is 7.90. The fourth-order valence-electron chi connectivity index (χ4n) is 3.52. The molecule has 4 rings (SSSR count). The predicted octanol–water partition coefficient (Wildman–Crippen LogP) is 2.61. The lowest BCUT2D eigenvalue weighted by atomic mass is 9.88. The van der Waals surface area contributed by atoms with Crippen LogP contribution in [-0.4, -0.2) is 45.1 Å². The number of hydrogen-bond acceptors (Lipinski definition) is 10. The molecule has 1 unspecified atom stereocenters. The highest BCUT2D eigenvalue weighted by Crippen LogP contribution is 2.49. The van der Waals surface area contributed by atoms with Crippen LogP contribution in [0.2, 0.25) is 5.02 Å². The molecule has 10 nitrogen and oxygen atoms in total. The van der Waals surface area contributed by atoms with Crippen molar-refractivity contribution in [2.24, 2.45) is 0 Å². The number of methoxy groups -OCH3 is 1. The minimum absolute atomic E-state index is 0.0535. The number of benzene rings is 1. The van der Waals surface area contributed by atoms with E-state index in [1.165, 1.54) is 29.9 Å². The summed E-state index contributed by atoms with van der Waals surface area (Å²) in [6.45, 7) is 1.25. The zero-order valence-corrected chi connectivity index (χ0v) is 19.8. The maximum Gasteiger partial charge on any atom is 0.264 e. The zero-order valence-electron chi connectivity index (χ0n) is 17.5. The average Bonchev–Trinajstić information content (AvgIpc) is 3.52. The van der Waals surface area contributed by atoms with Gasteiger partial charge in [-0.15, -0.1) is 0 Å². The maximum absolute atomic E-state index is 13.5. The molecule has 0 fully saturated rings. The van der Waals surface area contributed by atoms with E-state index in [4.69, 9.17) is 30.3 Å². The topological polar surface area (TPSA) is 137 Å². The summed E-state index contributed by atoms with van der Waals surface area (Å²) in [7, 11) is -2.81. The first kappa shape index (κ1) is 23.4. The SMILES string of the molecule is COc1c2c(cc(CCO)c1C(C(=O)NS(=O)(=O)c1ccsc1)c1onc(C)c1Cl)OCO2. The molecule has 1 amide bonds. The van der Waals surface area contributed by atoms with Crippen molar-refractivity contribution in [1.82, 2.24) is 9.88 Å². The maximum atomic E-state index is 13.5. The second kappa shape index (κ2) is 9.21. The number of nitrogens with zero attached hydrogens (tertiary/aromatic N) is 1. The van der Waals surface area contributed by atoms with E-state index < -0.39 is 21.8 Å². The molecule has 0 saturated carbocycles. The Hall–Kier alpha value is -2.80. The van der Waals surface area contributed by atoms with Crippen molar-refractivity contribution in [2.45, 2.75) is 24.2 Å². The second-order valence-electron chi connectivity index (χ2n) is 7.00. The van der Waals surface area contributed by atoms with Gasteiger partial charge in [-0.05, 0) is 36.4 Å². The number of sulfonamides is 1. The van der Waals surface area contributed by atoms with Crippen molar-refractivity contribution < 1.29 is 37.1 Å². The minimum atomic E-state index is -4.18. The van der Waals surface area contributed by atoms with Crippen LogP contribution in [0.5, 0.6) is 17.2 Å². The van der Waals surface area contributed by atoms with Crippen LogP contribution < -0.4 is 18.9 Å². The number of carbonyl (C=O) groups is 1. The number of hydrogen-bond donors (Lipinski definition) is 2. The van der Waals surface area contributed by atoms with E-state index in [2.05, 4.69) is 9.88 Å². The number of aliphatic hydroxyl groups is 1. The molecule has 1 aliphatic rings. The zero-order chi connectivity index (χ0) is 23.8. The molecular formula is C20H19ClN2O8S2. The first-order chi connectivity index (χ1) is 15.8. The van der Waals surface area contributed by atoms with Crippen LogP contribution in [0, 0.1) is 6.92 Å². The fourth-order valence-corrected chi connectivity index (χ4v) is 5.72. The highest BCUT2D eigenvalue weighted by Gasteiger charge is 2.39. The summed E-state index contributed by atoms with van der Waals surface area (Å²) in [6.07, 6.45) is 0.105. The lowest BCUT2D eigenvalue weighted by Crippen LogP contribution is -2.35. The van der Waals surface area contributed by atoms with Crippen LogP contribution >= 0.6 is 22.9 Å². The molecule has 3 aromatic rings. The smallest absolute Gasteiger partial charge is 0.264 e. The van der Waals surface area contributed by atoms with Crippen molar-refractivity contribution in [2.75, 3.05) is 20.5 Å². The number of rotatable bonds is 8. The van der Waals surface area contributed by atoms with E-state index in [0.29, 0.717) is 17.0 Å². The Morgan fingerprint density at radius 2 is 2.21 bits per heavy atom. The molecule has 3 heterocycles. The summed E-state index contributed by atoms with van der Waals surface area (Å²) in [4.78, 5) is 13.5. The molecule has 1 atom stereocenters. The number of aromatic nitrogens is 1. The van der Waals surface area contributed by atoms with Crippen LogP contribution in [0.1, 0.15) is 28.5 Å². The van der Waals surface area contributed by atoms with Gasteiger partial charge in [-0.1, -0.05) is 16.8 Å². The van der Waals surface area contributed by atoms with Gasteiger partial charge < -0.3 is 23.8 Å². The van der Waals surface area contributed by atoms with Gasteiger partial charge in [-0.2, -0.15) is 11.3 Å². The molecule has 0 radical (unpaired) electrons. The van der Waals surface area contributed by atoms with Gasteiger partial charge in [0.15, 0.2) is 17.3 Å². The second-order valence-corrected chi connectivity index (χ2v) is 9.84. The molecule has 0 aliphatic carbocycles. The molecule has 0 bridgehead atoms. The van der Waals surface area contributed by atoms with Crippen molar-refractivity contribution >= 4 is 38.9 Å². The molecule has 1 aliphatic heterocycles. The first-order valence-electron chi connectivity index (χ1n) is 9.59. The highest BCUT2D eigenvalue weighted by atomic mass is 35.5. The summed E-state index contributed by atoms with van der Waals surface area (Å²) >= 11 is 7.55. The molecule has 2 N–H and O–H groups in total. The number of fused-ring (bicyclic) bond motifs is 1. The Bertz CT molecular complexity index is 1290. The molecule has 2 aromatic heterocycles. The van der Waals surface area contributed by atoms with Gasteiger partial charge in [0.2, 0.25) is 18.4 Å². The van der Waals surface area contributed by atoms with Crippen molar-refractivity contribution in [3.8, 4) is 17.2 Å². The molecule has 0 saturated heterocycles. The largest absolute Gasteiger partial charge is 0.492 e. The van der Waals surface area contributed by atoms with E-state index in [-0.39, 0.29) is 52.6 Å². The quantitative estimate of drug-likeness (QED) is 0.464. The molecule has 176 valence electrons. The van der Waals surface area contributed by atoms with Gasteiger partial charge >= 0.3 is 0 Å². The van der Waals surface area contributed by atoms with E-state index >= 15 is 0 Å². The third-order valence-electron chi connectivity index (χ3n) is 5.00. The number of nitrogens with one attached hydrogen (secondary N) is 1. The minimum Gasteiger partial charge on any atom is -0.492 e. The van der Waals surface area contributed by atoms with E-state index in [1.54, 1.807) is 18.4 Å². The molecule has 13 heteroatoms. The van der Waals surface area contributed by atoms with Crippen LogP contribution in [-0.2, 0) is 21.2 Å². The summed E-state index contributed by atoms with van der Waals surface area (Å²) in [6, 6.07) is 2.97. The number of carbonyl (C=O) groups excluding carboxylic acids is 1. The number of aryl methyl sites for hydroxylation is 1. The molecular weight excluding hydrogens is 496 g/mol. The number of amides is 1. The summed E-state index contributed by atoms with van der Waals surface area (Å²) < 4.78 is 49.6. The Balaban J connectivity index is 1.91. The molecule has 0 spiro atoms. The summed E-state index contributed by atoms with van der Waals surface area (Å²) in [5, 5.41) is 16.5. The lowest BCUT2D eigenvalue weighted by molar-refractivity contribution is -0.120. The Morgan fingerprint density at radius 3 is 2.82 bits per heavy atom. The lowest BCUT2D eigenvalue weighted by Gasteiger charge is -2.22. The Morgan fingerprint density at radius 1 is 1.42 bits per heavy atom. The van der Waals surface area contributed by atoms with Crippen molar-refractivity contribution in [3.05, 3.63) is 50.5 Å². The van der Waals surface area contributed by atoms with Gasteiger partial charge in [-0.3, -0.25) is 4.79 Å². The fraction of sp³-hybridized carbons (Fsp3) is 0.300. The van der Waals surface area contributed by atoms with Crippen LogP contribution in [0.25, 0.3) is 0 Å². The first-order valence-corrected chi connectivity index (χ1v) is 12.4. The Kier molecular flexibility index (Phi) is 6.52. The number of aliphatic hydroxyl groups excluding tert-OH is 1. The summed E-state index contributed by atoms with van der Waals surface area (Å²) in [5.74, 6) is -1.69. The normalized spacial score (nSPS) is 13.7. The van der Waals surface area contributed by atoms with Crippen LogP contribution in [0.3, 0.4) is 0 Å². The summed E-state index contributed by atoms with van der Waals surface area (Å²) in [5.41, 5.74) is 0.984. The third kappa shape index (κ3) is 4.26. The molecule has 33 heavy (non-hydrogen) atoms. The van der Waals surface area contributed by atoms with E-state index in [9.17, 15) is 18.3 Å². The third-order valence-corrected chi connectivity index (χ3v) is 7.63. The average molecular weight is 515 g/mol. The van der Waals surface area contributed by atoms with Crippen molar-refractivity contribution in [3.63, 3.8) is 0 Å². The number of ether oxygens (including phenoxy) is 3. The Labute approximate surface area is 198 Å². The van der Waals surface area contributed by atoms with E-state index in [0.717, 1.165) is 0 Å². The predicted molar refractivity (Wildman–Crippen MR) is 118 cm³/mol. The standard InChI is InChI=1S/C20H19ClN2O8S2/c1-10-16(21)18(31-22-10)15(20(25)23-33(26,27)12-4-6-32-8-12)14-11(3-5-24)7-13-17(19(14)28-2)30-9-29-13/h4,6-8,15,24H,3,5,9H2,1-2H3,(H,23,25). The van der Waals surface area contributed by atoms with Crippen molar-refractivity contribution in [1.29, 1.82) is 0 Å². The van der Waals surface area contributed by atoms with Crippen LogP contribution in [0.15, 0.2) is 32.3 Å². The number of halogens is 1.